The number of rotatable bonds is 3. The van der Waals surface area contributed by atoms with Crippen molar-refractivity contribution in [1.29, 1.82) is 0 Å². The number of thiazole rings is 1. The van der Waals surface area contributed by atoms with Crippen LogP contribution in [0.2, 0.25) is 10.0 Å². The summed E-state index contributed by atoms with van der Waals surface area (Å²) in [5.74, 6) is 0. The third-order valence-corrected chi connectivity index (χ3v) is 4.34. The molecule has 2 aromatic carbocycles. The molecule has 22 heavy (non-hydrogen) atoms. The van der Waals surface area contributed by atoms with Crippen molar-refractivity contribution in [2.75, 3.05) is 5.73 Å². The smallest absolute Gasteiger partial charge is 0.182 e. The highest BCUT2D eigenvalue weighted by atomic mass is 35.5. The summed E-state index contributed by atoms with van der Waals surface area (Å²) in [5, 5.41) is 10.4. The van der Waals surface area contributed by atoms with Crippen LogP contribution in [0.4, 0.5) is 15.8 Å². The Bertz CT molecular complexity index is 831. The van der Waals surface area contributed by atoms with Crippen LogP contribution in [0.25, 0.3) is 11.3 Å². The molecular weight excluding hydrogens is 339 g/mol. The summed E-state index contributed by atoms with van der Waals surface area (Å²) in [6.45, 7) is 0. The van der Waals surface area contributed by atoms with Gasteiger partial charge in [-0.3, -0.25) is 0 Å². The van der Waals surface area contributed by atoms with Crippen molar-refractivity contribution in [2.24, 2.45) is 10.2 Å². The van der Waals surface area contributed by atoms with Crippen molar-refractivity contribution in [3.05, 3.63) is 58.6 Å². The number of nitrogens with zero attached hydrogens (tertiary/aromatic N) is 3. The average Bonchev–Trinajstić information content (AvgIpc) is 2.90. The molecule has 3 aromatic rings. The molecule has 0 atom stereocenters. The third-order valence-electron chi connectivity index (χ3n) is 2.83. The lowest BCUT2D eigenvalue weighted by molar-refractivity contribution is 1.24. The van der Waals surface area contributed by atoms with Crippen molar-refractivity contribution in [3.8, 4) is 11.3 Å². The lowest BCUT2D eigenvalue weighted by Gasteiger charge is -1.98. The second kappa shape index (κ2) is 6.44. The van der Waals surface area contributed by atoms with Crippen LogP contribution in [0.15, 0.2) is 58.8 Å². The Balaban J connectivity index is 1.95. The van der Waals surface area contributed by atoms with E-state index in [1.54, 1.807) is 18.2 Å². The standard InChI is InChI=1S/C15H10Cl2N4S/c16-11-7-6-10(8-12(11)17)20-21-14-13(19-15(18)22-14)9-4-2-1-3-5-9/h1-8H,(H2,18,19). The second-order valence-corrected chi connectivity index (χ2v) is 6.19. The molecular formula is C15H10Cl2N4S. The minimum Gasteiger partial charge on any atom is -0.375 e. The number of hydrogen-bond acceptors (Lipinski definition) is 5. The summed E-state index contributed by atoms with van der Waals surface area (Å²) in [6.07, 6.45) is 0. The van der Waals surface area contributed by atoms with Crippen LogP contribution in [0, 0.1) is 0 Å². The van der Waals surface area contributed by atoms with Crippen molar-refractivity contribution in [3.63, 3.8) is 0 Å². The van der Waals surface area contributed by atoms with Gasteiger partial charge in [0.15, 0.2) is 10.1 Å². The summed E-state index contributed by atoms with van der Waals surface area (Å²) < 4.78 is 0. The van der Waals surface area contributed by atoms with Crippen molar-refractivity contribution in [1.82, 2.24) is 4.98 Å². The number of nitrogens with two attached hydrogens (primary N) is 1. The van der Waals surface area contributed by atoms with Gasteiger partial charge in [0, 0.05) is 5.56 Å². The molecule has 0 unspecified atom stereocenters. The van der Waals surface area contributed by atoms with Crippen LogP contribution in [-0.4, -0.2) is 4.98 Å². The number of benzene rings is 2. The Labute approximate surface area is 141 Å². The van der Waals surface area contributed by atoms with E-state index in [9.17, 15) is 0 Å². The highest BCUT2D eigenvalue weighted by Crippen LogP contribution is 2.38. The number of anilines is 1. The van der Waals surface area contributed by atoms with Gasteiger partial charge in [-0.25, -0.2) is 4.98 Å². The molecule has 0 saturated carbocycles. The average molecular weight is 349 g/mol. The summed E-state index contributed by atoms with van der Waals surface area (Å²) >= 11 is 13.1. The monoisotopic (exact) mass is 348 g/mol. The van der Waals surface area contributed by atoms with Gasteiger partial charge in [0.1, 0.15) is 5.69 Å². The first-order chi connectivity index (χ1) is 10.6. The highest BCUT2D eigenvalue weighted by Gasteiger charge is 2.11. The van der Waals surface area contributed by atoms with Gasteiger partial charge in [0.05, 0.1) is 15.7 Å². The third kappa shape index (κ3) is 3.27. The van der Waals surface area contributed by atoms with Gasteiger partial charge in [-0.15, -0.1) is 10.2 Å². The number of nitrogen functional groups attached to an aromatic ring is 1. The molecule has 3 rings (SSSR count). The predicted octanol–water partition coefficient (Wildman–Crippen LogP) is 6.11. The van der Waals surface area contributed by atoms with Gasteiger partial charge in [0.2, 0.25) is 0 Å². The fraction of sp³-hybridized carbons (Fsp3) is 0. The molecule has 4 nitrogen and oxygen atoms in total. The molecule has 1 aromatic heterocycles. The first-order valence-electron chi connectivity index (χ1n) is 6.32. The Morgan fingerprint density at radius 3 is 2.45 bits per heavy atom. The van der Waals surface area contributed by atoms with Crippen LogP contribution in [0.3, 0.4) is 0 Å². The van der Waals surface area contributed by atoms with E-state index in [1.807, 2.05) is 30.3 Å². The summed E-state index contributed by atoms with van der Waals surface area (Å²) in [4.78, 5) is 4.32. The van der Waals surface area contributed by atoms with Gasteiger partial charge in [0.25, 0.3) is 0 Å². The molecule has 0 aliphatic heterocycles. The molecule has 0 spiro atoms. The predicted molar refractivity (Wildman–Crippen MR) is 92.6 cm³/mol. The van der Waals surface area contributed by atoms with Crippen molar-refractivity contribution in [2.45, 2.75) is 0 Å². The Hall–Kier alpha value is -1.95. The molecule has 0 aliphatic carbocycles. The maximum atomic E-state index is 5.96. The van der Waals surface area contributed by atoms with E-state index in [4.69, 9.17) is 28.9 Å². The van der Waals surface area contributed by atoms with Gasteiger partial charge in [-0.1, -0.05) is 64.9 Å². The first-order valence-corrected chi connectivity index (χ1v) is 7.89. The fourth-order valence-electron chi connectivity index (χ4n) is 1.83. The van der Waals surface area contributed by atoms with Crippen LogP contribution < -0.4 is 5.73 Å². The van der Waals surface area contributed by atoms with E-state index < -0.39 is 0 Å². The molecule has 0 radical (unpaired) electrons. The molecule has 0 amide bonds. The largest absolute Gasteiger partial charge is 0.375 e. The molecule has 0 aliphatic rings. The molecule has 0 fully saturated rings. The Morgan fingerprint density at radius 1 is 0.955 bits per heavy atom. The maximum Gasteiger partial charge on any atom is 0.182 e. The number of halogens is 2. The molecule has 1 heterocycles. The van der Waals surface area contributed by atoms with E-state index in [0.717, 1.165) is 5.56 Å². The summed E-state index contributed by atoms with van der Waals surface area (Å²) in [6, 6.07) is 14.8. The van der Waals surface area contributed by atoms with Crippen LogP contribution in [0.1, 0.15) is 0 Å². The zero-order chi connectivity index (χ0) is 15.5. The Kier molecular flexibility index (Phi) is 4.38. The summed E-state index contributed by atoms with van der Waals surface area (Å²) in [5.41, 5.74) is 8.07. The van der Waals surface area contributed by atoms with Crippen molar-refractivity contribution < 1.29 is 0 Å². The summed E-state index contributed by atoms with van der Waals surface area (Å²) in [7, 11) is 0. The fourth-order valence-corrected chi connectivity index (χ4v) is 2.80. The molecule has 110 valence electrons. The number of hydrogen-bond donors (Lipinski definition) is 1. The second-order valence-electron chi connectivity index (χ2n) is 4.37. The number of azo groups is 1. The normalized spacial score (nSPS) is 11.2. The van der Waals surface area contributed by atoms with E-state index in [1.165, 1.54) is 11.3 Å². The molecule has 0 bridgehead atoms. The highest BCUT2D eigenvalue weighted by molar-refractivity contribution is 7.19. The van der Waals surface area contributed by atoms with E-state index in [0.29, 0.717) is 31.6 Å². The van der Waals surface area contributed by atoms with E-state index >= 15 is 0 Å². The van der Waals surface area contributed by atoms with Crippen LogP contribution in [0.5, 0.6) is 0 Å². The quantitative estimate of drug-likeness (QED) is 0.579. The van der Waals surface area contributed by atoms with Gasteiger partial charge >= 0.3 is 0 Å². The maximum absolute atomic E-state index is 5.96. The minimum atomic E-state index is 0.435. The SMILES string of the molecule is Nc1nc(-c2ccccc2)c(N=Nc2ccc(Cl)c(Cl)c2)s1. The minimum absolute atomic E-state index is 0.435. The lowest BCUT2D eigenvalue weighted by atomic mass is 10.2. The van der Waals surface area contributed by atoms with Crippen LogP contribution >= 0.6 is 34.5 Å². The van der Waals surface area contributed by atoms with Crippen molar-refractivity contribution >= 4 is 50.4 Å². The van der Waals surface area contributed by atoms with Gasteiger partial charge in [-0.05, 0) is 18.2 Å². The Morgan fingerprint density at radius 2 is 1.73 bits per heavy atom. The van der Waals surface area contributed by atoms with Gasteiger partial charge < -0.3 is 5.73 Å². The number of aromatic nitrogens is 1. The van der Waals surface area contributed by atoms with E-state index in [2.05, 4.69) is 15.2 Å². The van der Waals surface area contributed by atoms with E-state index in [-0.39, 0.29) is 0 Å². The zero-order valence-electron chi connectivity index (χ0n) is 11.2. The molecule has 0 saturated heterocycles. The zero-order valence-corrected chi connectivity index (χ0v) is 13.5. The topological polar surface area (TPSA) is 63.6 Å². The molecule has 7 heteroatoms. The molecule has 2 N–H and O–H groups in total. The lowest BCUT2D eigenvalue weighted by Crippen LogP contribution is -1.82. The first kappa shape index (κ1) is 15.0. The van der Waals surface area contributed by atoms with Gasteiger partial charge in [-0.2, -0.15) is 0 Å². The van der Waals surface area contributed by atoms with Crippen LogP contribution in [-0.2, 0) is 0 Å².